The number of aromatic nitrogens is 2. The molecule has 132 valence electrons. The molecule has 0 aliphatic heterocycles. The van der Waals surface area contributed by atoms with Crippen molar-refractivity contribution in [2.45, 2.75) is 11.8 Å². The van der Waals surface area contributed by atoms with Gasteiger partial charge < -0.3 is 4.57 Å². The molecule has 1 unspecified atom stereocenters. The zero-order valence-electron chi connectivity index (χ0n) is 14.4. The molecule has 0 saturated heterocycles. The number of rotatable bonds is 8. The van der Waals surface area contributed by atoms with Gasteiger partial charge in [-0.2, -0.15) is 0 Å². The predicted octanol–water partition coefficient (Wildman–Crippen LogP) is 6.07. The van der Waals surface area contributed by atoms with Crippen LogP contribution in [0.2, 0.25) is 5.02 Å². The van der Waals surface area contributed by atoms with E-state index in [2.05, 4.69) is 58.1 Å². The van der Waals surface area contributed by atoms with Gasteiger partial charge in [0.2, 0.25) is 0 Å². The fraction of sp³-hybridized carbons (Fsp3) is 0.136. The maximum Gasteiger partial charge on any atom is 0.0946 e. The summed E-state index contributed by atoms with van der Waals surface area (Å²) in [6, 6.07) is 18.3. The van der Waals surface area contributed by atoms with Gasteiger partial charge in [0, 0.05) is 35.0 Å². The highest BCUT2D eigenvalue weighted by molar-refractivity contribution is 8.00. The third-order valence-electron chi connectivity index (χ3n) is 3.84. The first-order chi connectivity index (χ1) is 12.8. The van der Waals surface area contributed by atoms with Gasteiger partial charge in [0.05, 0.1) is 6.33 Å². The lowest BCUT2D eigenvalue weighted by Crippen LogP contribution is -2.09. The van der Waals surface area contributed by atoms with Crippen LogP contribution in [0, 0.1) is 0 Å². The van der Waals surface area contributed by atoms with Crippen LogP contribution < -0.4 is 0 Å². The molecule has 0 amide bonds. The summed E-state index contributed by atoms with van der Waals surface area (Å²) in [5.74, 6) is 0.958. The van der Waals surface area contributed by atoms with Crippen molar-refractivity contribution in [1.29, 1.82) is 0 Å². The summed E-state index contributed by atoms with van der Waals surface area (Å²) in [5, 5.41) is 1.12. The minimum Gasteiger partial charge on any atom is -0.336 e. The van der Waals surface area contributed by atoms with Gasteiger partial charge in [-0.25, -0.2) is 4.98 Å². The van der Waals surface area contributed by atoms with Crippen LogP contribution in [0.4, 0.5) is 0 Å². The molecule has 0 saturated carbocycles. The summed E-state index contributed by atoms with van der Waals surface area (Å²) < 4.78 is 2.12. The Labute approximate surface area is 164 Å². The van der Waals surface area contributed by atoms with E-state index in [0.29, 0.717) is 5.25 Å². The summed E-state index contributed by atoms with van der Waals surface area (Å²) in [6.45, 7) is 0.897. The topological polar surface area (TPSA) is 17.8 Å². The second kappa shape index (κ2) is 10.0. The maximum absolute atomic E-state index is 5.96. The van der Waals surface area contributed by atoms with E-state index in [1.807, 2.05) is 60.8 Å². The van der Waals surface area contributed by atoms with Gasteiger partial charge in [0.15, 0.2) is 0 Å². The third-order valence-corrected chi connectivity index (χ3v) is 5.21. The molecule has 1 aromatic heterocycles. The zero-order valence-corrected chi connectivity index (χ0v) is 16.0. The Hall–Kier alpha value is -2.23. The number of benzene rings is 2. The van der Waals surface area contributed by atoms with Crippen molar-refractivity contribution in [2.75, 3.05) is 5.75 Å². The molecular formula is C22H21ClN2S. The summed E-state index contributed by atoms with van der Waals surface area (Å²) in [4.78, 5) is 4.14. The highest BCUT2D eigenvalue weighted by Crippen LogP contribution is 2.18. The van der Waals surface area contributed by atoms with Gasteiger partial charge in [-0.15, -0.1) is 11.8 Å². The lowest BCUT2D eigenvalue weighted by molar-refractivity contribution is 0.721. The Balaban J connectivity index is 1.61. The standard InChI is InChI=1S/C22H21ClN2S/c23-21-11-8-20(9-12-21)10-13-22(17-25-15-14-24-18-25)26-16-4-7-19-5-2-1-3-6-19/h1-15,18,22H,16-17H2/b7-4+,13-10?. The second-order valence-electron chi connectivity index (χ2n) is 5.85. The molecule has 1 atom stereocenters. The first kappa shape index (κ1) is 18.6. The number of hydrogen-bond donors (Lipinski definition) is 0. The van der Waals surface area contributed by atoms with Crippen LogP contribution in [0.1, 0.15) is 11.1 Å². The molecule has 2 aromatic carbocycles. The van der Waals surface area contributed by atoms with E-state index in [1.54, 1.807) is 0 Å². The van der Waals surface area contributed by atoms with E-state index in [9.17, 15) is 0 Å². The van der Waals surface area contributed by atoms with Crippen molar-refractivity contribution in [2.24, 2.45) is 0 Å². The molecule has 3 rings (SSSR count). The Morgan fingerprint density at radius 2 is 1.77 bits per heavy atom. The van der Waals surface area contributed by atoms with Gasteiger partial charge in [0.1, 0.15) is 0 Å². The van der Waals surface area contributed by atoms with E-state index in [1.165, 1.54) is 5.56 Å². The van der Waals surface area contributed by atoms with Gasteiger partial charge in [-0.1, -0.05) is 78.4 Å². The first-order valence-corrected chi connectivity index (χ1v) is 9.95. The number of hydrogen-bond acceptors (Lipinski definition) is 2. The van der Waals surface area contributed by atoms with Crippen LogP contribution in [0.15, 0.2) is 85.5 Å². The average molecular weight is 381 g/mol. The van der Waals surface area contributed by atoms with Crippen LogP contribution in [0.5, 0.6) is 0 Å². The molecule has 0 fully saturated rings. The molecule has 26 heavy (non-hydrogen) atoms. The Morgan fingerprint density at radius 1 is 1.00 bits per heavy atom. The first-order valence-electron chi connectivity index (χ1n) is 8.52. The summed E-state index contributed by atoms with van der Waals surface area (Å²) >= 11 is 7.87. The molecule has 0 bridgehead atoms. The zero-order chi connectivity index (χ0) is 18.0. The lowest BCUT2D eigenvalue weighted by atomic mass is 10.2. The average Bonchev–Trinajstić information content (AvgIpc) is 3.18. The summed E-state index contributed by atoms with van der Waals surface area (Å²) in [6.07, 6.45) is 14.5. The van der Waals surface area contributed by atoms with Gasteiger partial charge in [0.25, 0.3) is 0 Å². The molecule has 0 aliphatic carbocycles. The molecular weight excluding hydrogens is 360 g/mol. The van der Waals surface area contributed by atoms with Gasteiger partial charge >= 0.3 is 0 Å². The van der Waals surface area contributed by atoms with Crippen LogP contribution in [0.25, 0.3) is 12.2 Å². The van der Waals surface area contributed by atoms with Crippen molar-refractivity contribution >= 4 is 35.5 Å². The van der Waals surface area contributed by atoms with E-state index < -0.39 is 0 Å². The van der Waals surface area contributed by atoms with Crippen molar-refractivity contribution in [3.63, 3.8) is 0 Å². The van der Waals surface area contributed by atoms with Crippen molar-refractivity contribution in [3.8, 4) is 0 Å². The Morgan fingerprint density at radius 3 is 2.50 bits per heavy atom. The van der Waals surface area contributed by atoms with E-state index in [0.717, 1.165) is 22.9 Å². The largest absolute Gasteiger partial charge is 0.336 e. The molecule has 3 aromatic rings. The highest BCUT2D eigenvalue weighted by atomic mass is 35.5. The molecule has 1 heterocycles. The smallest absolute Gasteiger partial charge is 0.0946 e. The number of nitrogens with zero attached hydrogens (tertiary/aromatic N) is 2. The van der Waals surface area contributed by atoms with Gasteiger partial charge in [-0.05, 0) is 23.3 Å². The fourth-order valence-corrected chi connectivity index (χ4v) is 3.54. The molecule has 0 N–H and O–H groups in total. The maximum atomic E-state index is 5.96. The normalized spacial score (nSPS) is 12.8. The fourth-order valence-electron chi connectivity index (χ4n) is 2.49. The van der Waals surface area contributed by atoms with E-state index >= 15 is 0 Å². The quantitative estimate of drug-likeness (QED) is 0.472. The highest BCUT2D eigenvalue weighted by Gasteiger charge is 2.05. The lowest BCUT2D eigenvalue weighted by Gasteiger charge is -2.12. The van der Waals surface area contributed by atoms with Crippen LogP contribution >= 0.6 is 23.4 Å². The van der Waals surface area contributed by atoms with Crippen LogP contribution in [-0.2, 0) is 6.54 Å². The van der Waals surface area contributed by atoms with E-state index in [4.69, 9.17) is 11.6 Å². The SMILES string of the molecule is Clc1ccc(C=CC(Cn2ccnc2)SC/C=C/c2ccccc2)cc1. The molecule has 0 spiro atoms. The molecule has 0 radical (unpaired) electrons. The Kier molecular flexibility index (Phi) is 7.17. The number of imidazole rings is 1. The third kappa shape index (κ3) is 6.25. The van der Waals surface area contributed by atoms with Gasteiger partial charge in [-0.3, -0.25) is 0 Å². The van der Waals surface area contributed by atoms with Crippen molar-refractivity contribution in [3.05, 3.63) is 102 Å². The Bertz CT molecular complexity index is 824. The summed E-state index contributed by atoms with van der Waals surface area (Å²) in [7, 11) is 0. The minimum absolute atomic E-state index is 0.361. The number of thioether (sulfide) groups is 1. The van der Waals surface area contributed by atoms with Crippen molar-refractivity contribution < 1.29 is 0 Å². The van der Waals surface area contributed by atoms with Crippen LogP contribution in [-0.4, -0.2) is 20.6 Å². The monoisotopic (exact) mass is 380 g/mol. The van der Waals surface area contributed by atoms with Crippen molar-refractivity contribution in [1.82, 2.24) is 9.55 Å². The second-order valence-corrected chi connectivity index (χ2v) is 7.56. The summed E-state index contributed by atoms with van der Waals surface area (Å²) in [5.41, 5.74) is 2.39. The van der Waals surface area contributed by atoms with Crippen LogP contribution in [0.3, 0.4) is 0 Å². The predicted molar refractivity (Wildman–Crippen MR) is 114 cm³/mol. The molecule has 4 heteroatoms. The minimum atomic E-state index is 0.361. The van der Waals surface area contributed by atoms with E-state index in [-0.39, 0.29) is 0 Å². The molecule has 0 aliphatic rings. The molecule has 2 nitrogen and oxygen atoms in total. The number of halogens is 1.